The monoisotopic (exact) mass is 331 g/mol. The lowest BCUT2D eigenvalue weighted by molar-refractivity contribution is 0.478. The standard InChI is InChI=1S/C21H21N3O/c1-21(2,3)23-20-19(22-17-10-6-7-13-24(17)20)18-15-9-5-4-8-14(15)11-12-16(18)25/h4-13,23,25H,1-3H3. The summed E-state index contributed by atoms with van der Waals surface area (Å²) in [5, 5.41) is 16.3. The molecule has 0 saturated heterocycles. The molecule has 0 bridgehead atoms. The maximum atomic E-state index is 10.6. The van der Waals surface area contributed by atoms with Gasteiger partial charge in [0, 0.05) is 11.7 Å². The van der Waals surface area contributed by atoms with Crippen molar-refractivity contribution in [2.24, 2.45) is 0 Å². The van der Waals surface area contributed by atoms with Crippen LogP contribution in [0.2, 0.25) is 0 Å². The molecule has 2 aromatic carbocycles. The number of aromatic hydroxyl groups is 1. The molecule has 25 heavy (non-hydrogen) atoms. The number of nitrogens with zero attached hydrogens (tertiary/aromatic N) is 2. The van der Waals surface area contributed by atoms with Crippen LogP contribution in [-0.4, -0.2) is 20.0 Å². The zero-order chi connectivity index (χ0) is 17.6. The molecular weight excluding hydrogens is 310 g/mol. The van der Waals surface area contributed by atoms with E-state index >= 15 is 0 Å². The topological polar surface area (TPSA) is 49.6 Å². The van der Waals surface area contributed by atoms with Gasteiger partial charge in [0.25, 0.3) is 0 Å². The zero-order valence-corrected chi connectivity index (χ0v) is 14.6. The van der Waals surface area contributed by atoms with Crippen molar-refractivity contribution in [3.63, 3.8) is 0 Å². The SMILES string of the molecule is CC(C)(C)Nc1c(-c2c(O)ccc3ccccc23)nc2ccccn12. The Labute approximate surface area is 146 Å². The second-order valence-corrected chi connectivity index (χ2v) is 7.29. The van der Waals surface area contributed by atoms with Gasteiger partial charge in [0.2, 0.25) is 0 Å². The molecule has 0 atom stereocenters. The first-order valence-corrected chi connectivity index (χ1v) is 8.40. The summed E-state index contributed by atoms with van der Waals surface area (Å²) in [5.74, 6) is 1.12. The van der Waals surface area contributed by atoms with Gasteiger partial charge in [-0.15, -0.1) is 0 Å². The minimum atomic E-state index is -0.138. The molecule has 126 valence electrons. The van der Waals surface area contributed by atoms with Gasteiger partial charge in [0.15, 0.2) is 0 Å². The highest BCUT2D eigenvalue weighted by Gasteiger charge is 2.22. The van der Waals surface area contributed by atoms with Crippen LogP contribution in [0.15, 0.2) is 60.8 Å². The van der Waals surface area contributed by atoms with E-state index < -0.39 is 0 Å². The van der Waals surface area contributed by atoms with Crippen molar-refractivity contribution in [2.75, 3.05) is 5.32 Å². The zero-order valence-electron chi connectivity index (χ0n) is 14.6. The highest BCUT2D eigenvalue weighted by atomic mass is 16.3. The lowest BCUT2D eigenvalue weighted by atomic mass is 10.0. The van der Waals surface area contributed by atoms with Crippen LogP contribution in [0.3, 0.4) is 0 Å². The van der Waals surface area contributed by atoms with Gasteiger partial charge in [-0.05, 0) is 49.7 Å². The second-order valence-electron chi connectivity index (χ2n) is 7.29. The first kappa shape index (κ1) is 15.5. The highest BCUT2D eigenvalue weighted by molar-refractivity contribution is 6.01. The van der Waals surface area contributed by atoms with Gasteiger partial charge in [-0.25, -0.2) is 4.98 Å². The van der Waals surface area contributed by atoms with Gasteiger partial charge in [0.1, 0.15) is 22.9 Å². The van der Waals surface area contributed by atoms with Crippen molar-refractivity contribution in [3.8, 4) is 17.0 Å². The van der Waals surface area contributed by atoms with Crippen molar-refractivity contribution >= 4 is 22.2 Å². The third-order valence-electron chi connectivity index (χ3n) is 4.17. The Balaban J connectivity index is 2.08. The molecule has 0 aliphatic carbocycles. The fourth-order valence-electron chi connectivity index (χ4n) is 3.15. The summed E-state index contributed by atoms with van der Waals surface area (Å²) in [7, 11) is 0. The molecule has 4 rings (SSSR count). The molecule has 2 aromatic heterocycles. The number of rotatable bonds is 2. The number of anilines is 1. The summed E-state index contributed by atoms with van der Waals surface area (Å²) in [6.45, 7) is 6.34. The lowest BCUT2D eigenvalue weighted by Crippen LogP contribution is -2.27. The number of benzene rings is 2. The van der Waals surface area contributed by atoms with Crippen molar-refractivity contribution in [2.45, 2.75) is 26.3 Å². The minimum absolute atomic E-state index is 0.138. The molecule has 0 amide bonds. The third-order valence-corrected chi connectivity index (χ3v) is 4.17. The number of aromatic nitrogens is 2. The van der Waals surface area contributed by atoms with E-state index in [2.05, 4.69) is 26.1 Å². The molecule has 0 aliphatic heterocycles. The number of phenols is 1. The molecule has 2 heterocycles. The Hall–Kier alpha value is -3.01. The van der Waals surface area contributed by atoms with Crippen LogP contribution < -0.4 is 5.32 Å². The smallest absolute Gasteiger partial charge is 0.139 e. The first-order valence-electron chi connectivity index (χ1n) is 8.40. The normalized spacial score (nSPS) is 12.0. The molecule has 0 radical (unpaired) electrons. The Bertz CT molecular complexity index is 1070. The number of fused-ring (bicyclic) bond motifs is 2. The van der Waals surface area contributed by atoms with Crippen LogP contribution >= 0.6 is 0 Å². The van der Waals surface area contributed by atoms with Crippen molar-refractivity contribution in [1.82, 2.24) is 9.38 Å². The van der Waals surface area contributed by atoms with Gasteiger partial charge < -0.3 is 10.4 Å². The highest BCUT2D eigenvalue weighted by Crippen LogP contribution is 2.40. The summed E-state index contributed by atoms with van der Waals surface area (Å²) in [4.78, 5) is 4.82. The fraction of sp³-hybridized carbons (Fsp3) is 0.190. The summed E-state index contributed by atoms with van der Waals surface area (Å²) in [5.41, 5.74) is 2.22. The largest absolute Gasteiger partial charge is 0.507 e. The molecule has 4 heteroatoms. The first-order chi connectivity index (χ1) is 11.9. The van der Waals surface area contributed by atoms with Crippen LogP contribution in [0, 0.1) is 0 Å². The van der Waals surface area contributed by atoms with Crippen LogP contribution in [-0.2, 0) is 0 Å². The van der Waals surface area contributed by atoms with E-state index in [-0.39, 0.29) is 11.3 Å². The van der Waals surface area contributed by atoms with Crippen molar-refractivity contribution in [3.05, 3.63) is 60.8 Å². The maximum Gasteiger partial charge on any atom is 0.139 e. The Morgan fingerprint density at radius 1 is 0.960 bits per heavy atom. The Morgan fingerprint density at radius 3 is 2.52 bits per heavy atom. The molecule has 4 nitrogen and oxygen atoms in total. The van der Waals surface area contributed by atoms with E-state index in [4.69, 9.17) is 4.98 Å². The number of pyridine rings is 1. The van der Waals surface area contributed by atoms with E-state index in [0.717, 1.165) is 33.5 Å². The van der Waals surface area contributed by atoms with Crippen LogP contribution in [0.25, 0.3) is 27.7 Å². The average molecular weight is 331 g/mol. The quantitative estimate of drug-likeness (QED) is 0.539. The summed E-state index contributed by atoms with van der Waals surface area (Å²) in [6, 6.07) is 17.6. The van der Waals surface area contributed by atoms with E-state index in [0.29, 0.717) is 0 Å². The predicted molar refractivity (Wildman–Crippen MR) is 103 cm³/mol. The number of phenolic OH excluding ortho intramolecular Hbond substituents is 1. The number of imidazole rings is 1. The molecule has 0 aliphatic rings. The van der Waals surface area contributed by atoms with Crippen LogP contribution in [0.5, 0.6) is 5.75 Å². The maximum absolute atomic E-state index is 10.6. The molecule has 4 aromatic rings. The lowest BCUT2D eigenvalue weighted by Gasteiger charge is -2.23. The van der Waals surface area contributed by atoms with Crippen LogP contribution in [0.1, 0.15) is 20.8 Å². The second kappa shape index (κ2) is 5.52. The fourth-order valence-corrected chi connectivity index (χ4v) is 3.15. The van der Waals surface area contributed by atoms with E-state index in [1.807, 2.05) is 59.1 Å². The van der Waals surface area contributed by atoms with E-state index in [1.54, 1.807) is 6.07 Å². The average Bonchev–Trinajstić information content (AvgIpc) is 2.91. The Kier molecular flexibility index (Phi) is 3.42. The molecule has 2 N–H and O–H groups in total. The Morgan fingerprint density at radius 2 is 1.72 bits per heavy atom. The molecule has 0 fully saturated rings. The van der Waals surface area contributed by atoms with Crippen LogP contribution in [0.4, 0.5) is 5.82 Å². The number of hydrogen-bond acceptors (Lipinski definition) is 3. The number of nitrogens with one attached hydrogen (secondary N) is 1. The molecule has 0 saturated carbocycles. The van der Waals surface area contributed by atoms with Crippen molar-refractivity contribution < 1.29 is 5.11 Å². The molecular formula is C21H21N3O. The van der Waals surface area contributed by atoms with Gasteiger partial charge in [-0.2, -0.15) is 0 Å². The molecule has 0 unspecified atom stereocenters. The van der Waals surface area contributed by atoms with Gasteiger partial charge >= 0.3 is 0 Å². The summed E-state index contributed by atoms with van der Waals surface area (Å²) in [6.07, 6.45) is 1.99. The van der Waals surface area contributed by atoms with Gasteiger partial charge in [0.05, 0.1) is 5.56 Å². The third kappa shape index (κ3) is 2.70. The van der Waals surface area contributed by atoms with Crippen molar-refractivity contribution in [1.29, 1.82) is 0 Å². The predicted octanol–water partition coefficient (Wildman–Crippen LogP) is 5.07. The van der Waals surface area contributed by atoms with E-state index in [9.17, 15) is 5.11 Å². The summed E-state index contributed by atoms with van der Waals surface area (Å²) >= 11 is 0. The minimum Gasteiger partial charge on any atom is -0.507 e. The molecule has 0 spiro atoms. The summed E-state index contributed by atoms with van der Waals surface area (Å²) < 4.78 is 2.03. The van der Waals surface area contributed by atoms with Gasteiger partial charge in [-0.3, -0.25) is 4.40 Å². The van der Waals surface area contributed by atoms with E-state index in [1.165, 1.54) is 0 Å². The van der Waals surface area contributed by atoms with Gasteiger partial charge in [-0.1, -0.05) is 36.4 Å². The number of hydrogen-bond donors (Lipinski definition) is 2.